The van der Waals surface area contributed by atoms with E-state index < -0.39 is 0 Å². The van der Waals surface area contributed by atoms with E-state index in [9.17, 15) is 10.5 Å². The molecule has 0 aliphatic heterocycles. The summed E-state index contributed by atoms with van der Waals surface area (Å²) in [5.74, 6) is 1.28. The average Bonchev–Trinajstić information content (AvgIpc) is 3.91. The zero-order valence-corrected chi connectivity index (χ0v) is 45.7. The van der Waals surface area contributed by atoms with Crippen molar-refractivity contribution in [1.29, 1.82) is 10.5 Å². The van der Waals surface area contributed by atoms with E-state index in [-0.39, 0.29) is 21.7 Å². The number of nitrogens with zero attached hydrogens (tertiary/aromatic N) is 7. The minimum Gasteiger partial charge on any atom is -0.309 e. The molecule has 0 bridgehead atoms. The first-order valence-electron chi connectivity index (χ1n) is 26.3. The van der Waals surface area contributed by atoms with Gasteiger partial charge in [0.15, 0.2) is 17.5 Å². The number of fused-ring (bicyclic) bond motifs is 6. The average molecular weight is 990 g/mol. The highest BCUT2D eigenvalue weighted by Gasteiger charge is 2.26. The smallest absolute Gasteiger partial charge is 0.165 e. The monoisotopic (exact) mass is 990 g/mol. The van der Waals surface area contributed by atoms with Gasteiger partial charge in [0, 0.05) is 49.6 Å². The summed E-state index contributed by atoms with van der Waals surface area (Å²) in [7, 11) is 0. The van der Waals surface area contributed by atoms with Crippen LogP contribution in [0, 0.1) is 22.7 Å². The Bertz CT molecular complexity index is 4080. The Morgan fingerprint density at radius 2 is 0.750 bits per heavy atom. The van der Waals surface area contributed by atoms with Gasteiger partial charge in [-0.3, -0.25) is 0 Å². The molecule has 11 rings (SSSR count). The highest BCUT2D eigenvalue weighted by Crippen LogP contribution is 2.43. The normalized spacial score (nSPS) is 12.4. The summed E-state index contributed by atoms with van der Waals surface area (Å²) in [6.07, 6.45) is 0. The van der Waals surface area contributed by atoms with E-state index in [4.69, 9.17) is 15.0 Å². The van der Waals surface area contributed by atoms with Crippen molar-refractivity contribution >= 4 is 43.6 Å². The molecule has 374 valence electrons. The molecule has 0 amide bonds. The first kappa shape index (κ1) is 49.6. The van der Waals surface area contributed by atoms with Crippen LogP contribution in [-0.2, 0) is 21.7 Å². The van der Waals surface area contributed by atoms with Crippen molar-refractivity contribution in [3.63, 3.8) is 0 Å². The fraction of sp³-hybridized carbons (Fsp3) is 0.232. The van der Waals surface area contributed by atoms with Crippen LogP contribution in [0.2, 0.25) is 0 Å². The molecule has 0 unspecified atom stereocenters. The largest absolute Gasteiger partial charge is 0.309 e. The zero-order chi connectivity index (χ0) is 53.6. The van der Waals surface area contributed by atoms with Crippen LogP contribution in [0.5, 0.6) is 0 Å². The van der Waals surface area contributed by atoms with Gasteiger partial charge in [0.05, 0.1) is 45.3 Å². The van der Waals surface area contributed by atoms with E-state index in [1.54, 1.807) is 0 Å². The molecule has 76 heavy (non-hydrogen) atoms. The molecular formula is C69H63N7. The maximum absolute atomic E-state index is 11.0. The molecule has 3 heterocycles. The summed E-state index contributed by atoms with van der Waals surface area (Å²) in [6, 6.07) is 62.3. The van der Waals surface area contributed by atoms with Crippen molar-refractivity contribution in [3.8, 4) is 68.8 Å². The second-order valence-electron chi connectivity index (χ2n) is 24.5. The van der Waals surface area contributed by atoms with E-state index in [1.165, 1.54) is 43.8 Å². The molecule has 0 saturated heterocycles. The number of hydrogen-bond donors (Lipinski definition) is 0. The van der Waals surface area contributed by atoms with Crippen LogP contribution >= 0.6 is 0 Å². The molecule has 0 N–H and O–H groups in total. The molecule has 0 aliphatic carbocycles. The molecule has 7 heteroatoms. The Hall–Kier alpha value is -8.65. The lowest BCUT2D eigenvalue weighted by molar-refractivity contribution is 0.590. The van der Waals surface area contributed by atoms with Crippen molar-refractivity contribution in [2.24, 2.45) is 0 Å². The third-order valence-corrected chi connectivity index (χ3v) is 15.1. The summed E-state index contributed by atoms with van der Waals surface area (Å²) in [6.45, 7) is 27.1. The van der Waals surface area contributed by atoms with Gasteiger partial charge in [-0.1, -0.05) is 156 Å². The van der Waals surface area contributed by atoms with E-state index in [2.05, 4.69) is 201 Å². The number of aromatic nitrogens is 5. The molecule has 0 atom stereocenters. The first-order valence-corrected chi connectivity index (χ1v) is 26.3. The summed E-state index contributed by atoms with van der Waals surface area (Å²) >= 11 is 0. The van der Waals surface area contributed by atoms with Crippen molar-refractivity contribution < 1.29 is 0 Å². The molecule has 0 aliphatic rings. The molecule has 0 saturated carbocycles. The third-order valence-electron chi connectivity index (χ3n) is 15.1. The maximum atomic E-state index is 11.0. The lowest BCUT2D eigenvalue weighted by atomic mass is 9.85. The quantitative estimate of drug-likeness (QED) is 0.165. The van der Waals surface area contributed by atoms with Crippen molar-refractivity contribution in [2.45, 2.75) is 105 Å². The fourth-order valence-corrected chi connectivity index (χ4v) is 10.6. The van der Waals surface area contributed by atoms with Crippen molar-refractivity contribution in [3.05, 3.63) is 197 Å². The van der Waals surface area contributed by atoms with Gasteiger partial charge in [-0.15, -0.1) is 0 Å². The van der Waals surface area contributed by atoms with Gasteiger partial charge in [-0.25, -0.2) is 15.0 Å². The van der Waals surface area contributed by atoms with Crippen LogP contribution < -0.4 is 0 Å². The molecule has 3 aromatic heterocycles. The van der Waals surface area contributed by atoms with Crippen LogP contribution in [0.25, 0.3) is 100 Å². The van der Waals surface area contributed by atoms with E-state index in [0.717, 1.165) is 55.7 Å². The van der Waals surface area contributed by atoms with Gasteiger partial charge < -0.3 is 9.13 Å². The standard InChI is InChI=1S/C69H63N7/c1-66(2,3)46-22-29-59-54(34-46)55-35-47(67(4,5)6)23-30-60(55)75(59)50-26-21-45(41-71)53(38-50)64-72-63(43-18-14-13-15-19-43)73-65(74-64)58-39-51(27-28-52(58)44-20-16-17-42(33-44)40-70)76-61-31-24-48(68(7,8)9)36-56(61)57-37-49(69(10,11)12)25-32-62(57)76/h13-39H,1-12H3. The first-order chi connectivity index (χ1) is 36.1. The molecule has 11 aromatic rings. The Morgan fingerprint density at radius 3 is 1.18 bits per heavy atom. The second-order valence-corrected chi connectivity index (χ2v) is 24.5. The molecule has 0 spiro atoms. The van der Waals surface area contributed by atoms with Gasteiger partial charge in [0.25, 0.3) is 0 Å². The van der Waals surface area contributed by atoms with Gasteiger partial charge in [-0.05, 0) is 146 Å². The fourth-order valence-electron chi connectivity index (χ4n) is 10.6. The maximum Gasteiger partial charge on any atom is 0.165 e. The topological polar surface area (TPSA) is 96.1 Å². The number of benzene rings is 8. The van der Waals surface area contributed by atoms with Crippen LogP contribution in [0.15, 0.2) is 164 Å². The van der Waals surface area contributed by atoms with Crippen LogP contribution in [0.3, 0.4) is 0 Å². The molecule has 8 aromatic carbocycles. The van der Waals surface area contributed by atoms with Gasteiger partial charge in [0.1, 0.15) is 0 Å². The Kier molecular flexibility index (Phi) is 11.8. The van der Waals surface area contributed by atoms with Crippen LogP contribution in [0.4, 0.5) is 0 Å². The molecular weight excluding hydrogens is 927 g/mol. The predicted octanol–water partition coefficient (Wildman–Crippen LogP) is 17.7. The van der Waals surface area contributed by atoms with E-state index >= 15 is 0 Å². The third kappa shape index (κ3) is 8.80. The zero-order valence-electron chi connectivity index (χ0n) is 45.7. The van der Waals surface area contributed by atoms with Crippen molar-refractivity contribution in [1.82, 2.24) is 24.1 Å². The number of nitriles is 2. The van der Waals surface area contributed by atoms with Crippen LogP contribution in [0.1, 0.15) is 116 Å². The predicted molar refractivity (Wildman–Crippen MR) is 314 cm³/mol. The number of rotatable bonds is 6. The Balaban J connectivity index is 1.18. The Labute approximate surface area is 446 Å². The lowest BCUT2D eigenvalue weighted by Crippen LogP contribution is -2.10. The number of hydrogen-bond acceptors (Lipinski definition) is 5. The SMILES string of the molecule is CC(C)(C)c1ccc2c(c1)c1cc(C(C)(C)C)ccc1n2-c1ccc(C#N)c(-c2nc(-c3ccccc3)nc(-c3cc(-n4c5ccc(C(C)(C)C)cc5c5cc(C(C)(C)C)ccc54)ccc3-c3cccc(C#N)c3)n2)c1. The second kappa shape index (κ2) is 18.0. The summed E-state index contributed by atoms with van der Waals surface area (Å²) in [5, 5.41) is 25.8. The summed E-state index contributed by atoms with van der Waals surface area (Å²) in [5.41, 5.74) is 15.8. The lowest BCUT2D eigenvalue weighted by Gasteiger charge is -2.19. The molecule has 7 nitrogen and oxygen atoms in total. The molecule has 0 fully saturated rings. The van der Waals surface area contributed by atoms with E-state index in [1.807, 2.05) is 66.7 Å². The minimum atomic E-state index is -0.0510. The van der Waals surface area contributed by atoms with Gasteiger partial charge in [0.2, 0.25) is 0 Å². The Morgan fingerprint density at radius 1 is 0.342 bits per heavy atom. The van der Waals surface area contributed by atoms with Gasteiger partial charge in [-0.2, -0.15) is 10.5 Å². The van der Waals surface area contributed by atoms with E-state index in [0.29, 0.717) is 34.2 Å². The highest BCUT2D eigenvalue weighted by molar-refractivity contribution is 6.11. The summed E-state index contributed by atoms with van der Waals surface area (Å²) < 4.78 is 4.65. The highest BCUT2D eigenvalue weighted by atomic mass is 15.0. The minimum absolute atomic E-state index is 0.0492. The summed E-state index contributed by atoms with van der Waals surface area (Å²) in [4.78, 5) is 16.0. The van der Waals surface area contributed by atoms with Gasteiger partial charge >= 0.3 is 0 Å². The molecule has 0 radical (unpaired) electrons. The van der Waals surface area contributed by atoms with Crippen molar-refractivity contribution in [2.75, 3.05) is 0 Å². The van der Waals surface area contributed by atoms with Crippen LogP contribution in [-0.4, -0.2) is 24.1 Å².